The molecule has 38 heavy (non-hydrogen) atoms. The summed E-state index contributed by atoms with van der Waals surface area (Å²) in [6, 6.07) is 8.57. The molecule has 1 aliphatic carbocycles. The first-order valence-corrected chi connectivity index (χ1v) is 14.6. The standard InChI is InChI=1S/C29H44N6O3/c36-29(35-14-2-1-3-15-35)32-25-8-6-23(7-9-25)10-11-30-12-13-31-27-21-24(26-5-4-18-38-26)22-28(33-27)34-16-19-37-20-17-34/h4-5,18,21-23,25,30H,1-3,6-17,19-20H2,(H,31,33)(H,32,36)/t23-,25-. The molecule has 1 saturated carbocycles. The van der Waals surface area contributed by atoms with Gasteiger partial charge in [-0.1, -0.05) is 0 Å². The highest BCUT2D eigenvalue weighted by molar-refractivity contribution is 5.74. The van der Waals surface area contributed by atoms with Crippen molar-refractivity contribution < 1.29 is 13.9 Å². The fraction of sp³-hybridized carbons (Fsp3) is 0.655. The van der Waals surface area contributed by atoms with E-state index >= 15 is 0 Å². The smallest absolute Gasteiger partial charge is 0.317 e. The van der Waals surface area contributed by atoms with Crippen LogP contribution in [0.4, 0.5) is 16.4 Å². The van der Waals surface area contributed by atoms with Gasteiger partial charge in [0.05, 0.1) is 19.5 Å². The molecule has 9 nitrogen and oxygen atoms in total. The third kappa shape index (κ3) is 7.63. The average molecular weight is 525 g/mol. The Balaban J connectivity index is 1.00. The summed E-state index contributed by atoms with van der Waals surface area (Å²) in [6.07, 6.45) is 11.1. The van der Waals surface area contributed by atoms with Crippen molar-refractivity contribution in [1.29, 1.82) is 0 Å². The maximum absolute atomic E-state index is 12.5. The molecular weight excluding hydrogens is 480 g/mol. The number of nitrogens with zero attached hydrogens (tertiary/aromatic N) is 3. The molecular formula is C29H44N6O3. The van der Waals surface area contributed by atoms with Gasteiger partial charge in [-0.25, -0.2) is 9.78 Å². The molecule has 0 spiro atoms. The van der Waals surface area contributed by atoms with E-state index in [2.05, 4.69) is 33.0 Å². The molecule has 2 saturated heterocycles. The van der Waals surface area contributed by atoms with E-state index in [1.54, 1.807) is 6.26 Å². The number of aromatic nitrogens is 1. The summed E-state index contributed by atoms with van der Waals surface area (Å²) >= 11 is 0. The first-order chi connectivity index (χ1) is 18.7. The van der Waals surface area contributed by atoms with Crippen molar-refractivity contribution in [1.82, 2.24) is 20.5 Å². The third-order valence-corrected chi connectivity index (χ3v) is 8.11. The molecule has 208 valence electrons. The first-order valence-electron chi connectivity index (χ1n) is 14.6. The molecule has 2 amide bonds. The molecule has 2 aromatic heterocycles. The lowest BCUT2D eigenvalue weighted by atomic mass is 9.84. The highest BCUT2D eigenvalue weighted by atomic mass is 16.5. The summed E-state index contributed by atoms with van der Waals surface area (Å²) in [6.45, 7) is 7.72. The zero-order valence-electron chi connectivity index (χ0n) is 22.6. The van der Waals surface area contributed by atoms with Gasteiger partial charge >= 0.3 is 6.03 Å². The van der Waals surface area contributed by atoms with Crippen LogP contribution in [0, 0.1) is 5.92 Å². The average Bonchev–Trinajstić information content (AvgIpc) is 3.52. The molecule has 4 heterocycles. The molecule has 0 radical (unpaired) electrons. The second-order valence-electron chi connectivity index (χ2n) is 10.9. The minimum absolute atomic E-state index is 0.156. The normalized spacial score (nSPS) is 22.3. The van der Waals surface area contributed by atoms with Crippen LogP contribution in [-0.2, 0) is 4.74 Å². The summed E-state index contributed by atoms with van der Waals surface area (Å²) in [4.78, 5) is 21.6. The van der Waals surface area contributed by atoms with E-state index in [0.717, 1.165) is 114 Å². The molecule has 3 fully saturated rings. The molecule has 0 aromatic carbocycles. The lowest BCUT2D eigenvalue weighted by Crippen LogP contribution is -2.47. The Bertz CT molecular complexity index is 980. The van der Waals surface area contributed by atoms with Gasteiger partial charge in [-0.05, 0) is 88.1 Å². The number of hydrogen-bond donors (Lipinski definition) is 3. The van der Waals surface area contributed by atoms with Crippen molar-refractivity contribution in [2.24, 2.45) is 5.92 Å². The second kappa shape index (κ2) is 13.8. The largest absolute Gasteiger partial charge is 0.464 e. The summed E-state index contributed by atoms with van der Waals surface area (Å²) in [7, 11) is 0. The number of ether oxygens (including phenoxy) is 1. The molecule has 3 N–H and O–H groups in total. The van der Waals surface area contributed by atoms with Crippen LogP contribution in [0.3, 0.4) is 0 Å². The lowest BCUT2D eigenvalue weighted by molar-refractivity contribution is 0.122. The van der Waals surface area contributed by atoms with Crippen molar-refractivity contribution in [3.63, 3.8) is 0 Å². The number of hydrogen-bond acceptors (Lipinski definition) is 7. The highest BCUT2D eigenvalue weighted by Gasteiger charge is 2.24. The molecule has 3 aliphatic rings. The Labute approximate surface area is 226 Å². The Hall–Kier alpha value is -2.78. The number of furan rings is 1. The topological polar surface area (TPSA) is 94.9 Å². The van der Waals surface area contributed by atoms with Crippen LogP contribution >= 0.6 is 0 Å². The Kier molecular flexibility index (Phi) is 9.77. The van der Waals surface area contributed by atoms with Gasteiger partial charge in [0.25, 0.3) is 0 Å². The van der Waals surface area contributed by atoms with Crippen LogP contribution in [0.1, 0.15) is 51.4 Å². The maximum Gasteiger partial charge on any atom is 0.317 e. The van der Waals surface area contributed by atoms with Gasteiger partial charge in [0, 0.05) is 50.9 Å². The fourth-order valence-corrected chi connectivity index (χ4v) is 5.81. The lowest BCUT2D eigenvalue weighted by Gasteiger charge is -2.33. The van der Waals surface area contributed by atoms with Crippen molar-refractivity contribution in [2.75, 3.05) is 69.2 Å². The number of pyridine rings is 1. The minimum Gasteiger partial charge on any atom is -0.464 e. The number of rotatable bonds is 10. The summed E-state index contributed by atoms with van der Waals surface area (Å²) in [5, 5.41) is 10.4. The van der Waals surface area contributed by atoms with Gasteiger partial charge in [0.15, 0.2) is 0 Å². The molecule has 0 atom stereocenters. The van der Waals surface area contributed by atoms with Crippen molar-refractivity contribution in [3.05, 3.63) is 30.5 Å². The van der Waals surface area contributed by atoms with Gasteiger partial charge < -0.3 is 34.9 Å². The zero-order valence-corrected chi connectivity index (χ0v) is 22.6. The van der Waals surface area contributed by atoms with Crippen LogP contribution in [-0.4, -0.2) is 81.0 Å². The number of carbonyl (C=O) groups excluding carboxylic acids is 1. The van der Waals surface area contributed by atoms with Crippen molar-refractivity contribution in [3.8, 4) is 11.3 Å². The first kappa shape index (κ1) is 26.8. The van der Waals surface area contributed by atoms with E-state index < -0.39 is 0 Å². The number of likely N-dealkylation sites (tertiary alicyclic amines) is 1. The van der Waals surface area contributed by atoms with E-state index in [4.69, 9.17) is 14.1 Å². The number of nitrogens with one attached hydrogen (secondary N) is 3. The van der Waals surface area contributed by atoms with Crippen LogP contribution in [0.25, 0.3) is 11.3 Å². The monoisotopic (exact) mass is 524 g/mol. The van der Waals surface area contributed by atoms with Gasteiger partial charge in [-0.15, -0.1) is 0 Å². The zero-order chi connectivity index (χ0) is 26.0. The molecule has 0 bridgehead atoms. The molecule has 2 aliphatic heterocycles. The van der Waals surface area contributed by atoms with E-state index in [-0.39, 0.29) is 6.03 Å². The van der Waals surface area contributed by atoms with Crippen LogP contribution in [0.5, 0.6) is 0 Å². The maximum atomic E-state index is 12.5. The molecule has 0 unspecified atom stereocenters. The third-order valence-electron chi connectivity index (χ3n) is 8.11. The number of morpholine rings is 1. The van der Waals surface area contributed by atoms with E-state index in [9.17, 15) is 4.79 Å². The number of piperidine rings is 1. The number of anilines is 2. The quantitative estimate of drug-likeness (QED) is 0.399. The van der Waals surface area contributed by atoms with Crippen LogP contribution in [0.2, 0.25) is 0 Å². The summed E-state index contributed by atoms with van der Waals surface area (Å²) in [5.74, 6) is 3.43. The van der Waals surface area contributed by atoms with Crippen molar-refractivity contribution in [2.45, 2.75) is 57.4 Å². The predicted octanol–water partition coefficient (Wildman–Crippen LogP) is 4.32. The van der Waals surface area contributed by atoms with Gasteiger partial charge in [0.1, 0.15) is 17.4 Å². The van der Waals surface area contributed by atoms with E-state index in [0.29, 0.717) is 6.04 Å². The van der Waals surface area contributed by atoms with Crippen molar-refractivity contribution >= 4 is 17.7 Å². The number of amides is 2. The number of carbonyl (C=O) groups is 1. The SMILES string of the molecule is O=C(N[C@H]1CC[C@H](CCNCCNc2cc(-c3ccco3)cc(N3CCOCC3)n2)CC1)N1CCCCC1. The molecule has 5 rings (SSSR count). The number of urea groups is 1. The second-order valence-corrected chi connectivity index (χ2v) is 10.9. The Morgan fingerprint density at radius 1 is 0.974 bits per heavy atom. The minimum atomic E-state index is 0.156. The highest BCUT2D eigenvalue weighted by Crippen LogP contribution is 2.28. The summed E-state index contributed by atoms with van der Waals surface area (Å²) < 4.78 is 11.2. The molecule has 2 aromatic rings. The van der Waals surface area contributed by atoms with E-state index in [1.165, 1.54) is 25.7 Å². The van der Waals surface area contributed by atoms with Gasteiger partial charge in [-0.2, -0.15) is 0 Å². The van der Waals surface area contributed by atoms with Crippen LogP contribution in [0.15, 0.2) is 34.9 Å². The predicted molar refractivity (Wildman–Crippen MR) is 151 cm³/mol. The van der Waals surface area contributed by atoms with Crippen LogP contribution < -0.4 is 20.9 Å². The Morgan fingerprint density at radius 2 is 1.79 bits per heavy atom. The van der Waals surface area contributed by atoms with Gasteiger partial charge in [0.2, 0.25) is 0 Å². The summed E-state index contributed by atoms with van der Waals surface area (Å²) in [5.41, 5.74) is 1.03. The molecule has 9 heteroatoms. The Morgan fingerprint density at radius 3 is 2.55 bits per heavy atom. The fourth-order valence-electron chi connectivity index (χ4n) is 5.81. The van der Waals surface area contributed by atoms with E-state index in [1.807, 2.05) is 17.0 Å². The van der Waals surface area contributed by atoms with Gasteiger partial charge in [-0.3, -0.25) is 0 Å².